The van der Waals surface area contributed by atoms with Crippen LogP contribution in [-0.2, 0) is 0 Å². The molecule has 0 fully saturated rings. The smallest absolute Gasteiger partial charge is 0.193 e. The lowest BCUT2D eigenvalue weighted by molar-refractivity contribution is 0.103. The van der Waals surface area contributed by atoms with Gasteiger partial charge in [-0.2, -0.15) is 0 Å². The molecule has 0 saturated carbocycles. The summed E-state index contributed by atoms with van der Waals surface area (Å²) in [5.41, 5.74) is 2.55. The largest absolute Gasteiger partial charge is 0.494 e. The maximum absolute atomic E-state index is 13.4. The molecule has 0 aromatic heterocycles. The van der Waals surface area contributed by atoms with Crippen molar-refractivity contribution in [1.82, 2.24) is 0 Å². The van der Waals surface area contributed by atoms with E-state index in [1.54, 1.807) is 12.1 Å². The molecular weight excluding hydrogens is 279 g/mol. The Labute approximate surface area is 122 Å². The van der Waals surface area contributed by atoms with Crippen molar-refractivity contribution < 1.29 is 13.9 Å². The van der Waals surface area contributed by atoms with Crippen molar-refractivity contribution in [3.8, 4) is 5.75 Å². The summed E-state index contributed by atoms with van der Waals surface area (Å²) < 4.78 is 18.3. The summed E-state index contributed by atoms with van der Waals surface area (Å²) in [4.78, 5) is 12.5. The Morgan fingerprint density at radius 1 is 1.15 bits per heavy atom. The second-order valence-corrected chi connectivity index (χ2v) is 5.00. The Hall–Kier alpha value is -1.87. The molecule has 2 aromatic carbocycles. The van der Waals surface area contributed by atoms with Gasteiger partial charge in [0.2, 0.25) is 0 Å². The van der Waals surface area contributed by atoms with E-state index in [9.17, 15) is 9.18 Å². The van der Waals surface area contributed by atoms with Gasteiger partial charge < -0.3 is 4.74 Å². The summed E-state index contributed by atoms with van der Waals surface area (Å²) in [7, 11) is 1.37. The van der Waals surface area contributed by atoms with Gasteiger partial charge in [-0.1, -0.05) is 11.6 Å². The highest BCUT2D eigenvalue weighted by molar-refractivity contribution is 6.31. The summed E-state index contributed by atoms with van der Waals surface area (Å²) >= 11 is 6.02. The average molecular weight is 293 g/mol. The minimum Gasteiger partial charge on any atom is -0.494 e. The first-order valence-electron chi connectivity index (χ1n) is 6.09. The molecule has 0 aliphatic heterocycles. The van der Waals surface area contributed by atoms with Crippen LogP contribution in [0.1, 0.15) is 27.0 Å². The van der Waals surface area contributed by atoms with E-state index in [-0.39, 0.29) is 11.5 Å². The molecule has 2 rings (SSSR count). The van der Waals surface area contributed by atoms with Crippen LogP contribution in [0.4, 0.5) is 4.39 Å². The van der Waals surface area contributed by atoms with E-state index < -0.39 is 5.82 Å². The summed E-state index contributed by atoms with van der Waals surface area (Å²) in [5, 5.41) is 0.621. The molecule has 2 nitrogen and oxygen atoms in total. The summed E-state index contributed by atoms with van der Waals surface area (Å²) in [5.74, 6) is -0.618. The van der Waals surface area contributed by atoms with Gasteiger partial charge in [0, 0.05) is 16.1 Å². The number of methoxy groups -OCH3 is 1. The fraction of sp³-hybridized carbons (Fsp3) is 0.188. The summed E-state index contributed by atoms with van der Waals surface area (Å²) in [6, 6.07) is 7.58. The molecular formula is C16H14ClFO2. The third-order valence-electron chi connectivity index (χ3n) is 3.16. The maximum Gasteiger partial charge on any atom is 0.193 e. The number of carbonyl (C=O) groups excluding carboxylic acids is 1. The number of halogens is 2. The molecule has 0 unspecified atom stereocenters. The molecule has 4 heteroatoms. The lowest BCUT2D eigenvalue weighted by Crippen LogP contribution is -2.05. The SMILES string of the molecule is COc1cc(C(=O)c2cc(C)c(Cl)cc2C)ccc1F. The normalized spacial score (nSPS) is 10.4. The molecule has 0 N–H and O–H groups in total. The van der Waals surface area contributed by atoms with Crippen LogP contribution in [-0.4, -0.2) is 12.9 Å². The maximum atomic E-state index is 13.4. The molecule has 0 bridgehead atoms. The van der Waals surface area contributed by atoms with Gasteiger partial charge >= 0.3 is 0 Å². The van der Waals surface area contributed by atoms with Crippen molar-refractivity contribution in [3.05, 3.63) is 63.4 Å². The zero-order valence-corrected chi connectivity index (χ0v) is 12.2. The van der Waals surface area contributed by atoms with E-state index in [0.29, 0.717) is 16.1 Å². The highest BCUT2D eigenvalue weighted by Crippen LogP contribution is 2.25. The predicted octanol–water partition coefficient (Wildman–Crippen LogP) is 4.34. The van der Waals surface area contributed by atoms with Crippen LogP contribution in [0.5, 0.6) is 5.75 Å². The van der Waals surface area contributed by atoms with Gasteiger partial charge in [-0.3, -0.25) is 4.79 Å². The number of rotatable bonds is 3. The van der Waals surface area contributed by atoms with Gasteiger partial charge in [-0.05, 0) is 55.3 Å². The average Bonchev–Trinajstić information content (AvgIpc) is 2.42. The Morgan fingerprint density at radius 3 is 2.50 bits per heavy atom. The van der Waals surface area contributed by atoms with Crippen LogP contribution >= 0.6 is 11.6 Å². The molecule has 0 aliphatic carbocycles. The Bertz CT molecular complexity index is 680. The molecule has 0 atom stereocenters. The molecule has 2 aromatic rings. The van der Waals surface area contributed by atoms with Crippen molar-refractivity contribution in [3.63, 3.8) is 0 Å². The van der Waals surface area contributed by atoms with E-state index >= 15 is 0 Å². The minimum absolute atomic E-state index is 0.0548. The molecule has 0 amide bonds. The van der Waals surface area contributed by atoms with E-state index in [1.165, 1.54) is 25.3 Å². The van der Waals surface area contributed by atoms with Crippen LogP contribution in [0, 0.1) is 19.7 Å². The van der Waals surface area contributed by atoms with Crippen LogP contribution in [0.2, 0.25) is 5.02 Å². The summed E-state index contributed by atoms with van der Waals surface area (Å²) in [6.45, 7) is 3.66. The fourth-order valence-corrected chi connectivity index (χ4v) is 2.20. The minimum atomic E-state index is -0.493. The number of hydrogen-bond acceptors (Lipinski definition) is 2. The van der Waals surface area contributed by atoms with Gasteiger partial charge in [0.25, 0.3) is 0 Å². The number of ketones is 1. The first-order chi connectivity index (χ1) is 9.43. The van der Waals surface area contributed by atoms with Crippen molar-refractivity contribution >= 4 is 17.4 Å². The standard InChI is InChI=1S/C16H14ClFO2/c1-9-7-13(17)10(2)6-12(9)16(19)11-4-5-14(18)15(8-11)20-3/h4-8H,1-3H3. The van der Waals surface area contributed by atoms with Crippen LogP contribution in [0.25, 0.3) is 0 Å². The lowest BCUT2D eigenvalue weighted by atomic mass is 9.97. The van der Waals surface area contributed by atoms with Gasteiger partial charge in [-0.15, -0.1) is 0 Å². The van der Waals surface area contributed by atoms with Gasteiger partial charge in [0.1, 0.15) is 0 Å². The number of aryl methyl sites for hydroxylation is 2. The first-order valence-corrected chi connectivity index (χ1v) is 6.47. The molecule has 0 spiro atoms. The summed E-state index contributed by atoms with van der Waals surface area (Å²) in [6.07, 6.45) is 0. The Balaban J connectivity index is 2.49. The predicted molar refractivity (Wildman–Crippen MR) is 77.3 cm³/mol. The Kier molecular flexibility index (Phi) is 4.09. The molecule has 0 saturated heterocycles. The number of ether oxygens (including phenoxy) is 1. The number of hydrogen-bond donors (Lipinski definition) is 0. The molecule has 0 aliphatic rings. The van der Waals surface area contributed by atoms with Crippen LogP contribution < -0.4 is 4.74 Å². The van der Waals surface area contributed by atoms with Gasteiger partial charge in [-0.25, -0.2) is 4.39 Å². The van der Waals surface area contributed by atoms with Crippen molar-refractivity contribution in [2.24, 2.45) is 0 Å². The van der Waals surface area contributed by atoms with Crippen LogP contribution in [0.3, 0.4) is 0 Å². The van der Waals surface area contributed by atoms with Gasteiger partial charge in [0.05, 0.1) is 7.11 Å². The zero-order valence-electron chi connectivity index (χ0n) is 11.5. The van der Waals surface area contributed by atoms with Crippen molar-refractivity contribution in [2.75, 3.05) is 7.11 Å². The molecule has 0 radical (unpaired) electrons. The highest BCUT2D eigenvalue weighted by atomic mass is 35.5. The molecule has 104 valence electrons. The Morgan fingerprint density at radius 2 is 1.85 bits per heavy atom. The lowest BCUT2D eigenvalue weighted by Gasteiger charge is -2.09. The van der Waals surface area contributed by atoms with E-state index in [2.05, 4.69) is 0 Å². The van der Waals surface area contributed by atoms with Crippen LogP contribution in [0.15, 0.2) is 30.3 Å². The van der Waals surface area contributed by atoms with E-state index in [4.69, 9.17) is 16.3 Å². The third kappa shape index (κ3) is 2.68. The molecule has 20 heavy (non-hydrogen) atoms. The zero-order chi connectivity index (χ0) is 14.9. The van der Waals surface area contributed by atoms with E-state index in [1.807, 2.05) is 13.8 Å². The first kappa shape index (κ1) is 14.5. The van der Waals surface area contributed by atoms with Crippen molar-refractivity contribution in [1.29, 1.82) is 0 Å². The molecule has 0 heterocycles. The van der Waals surface area contributed by atoms with E-state index in [0.717, 1.165) is 11.1 Å². The quantitative estimate of drug-likeness (QED) is 0.787. The second-order valence-electron chi connectivity index (χ2n) is 4.59. The fourth-order valence-electron chi connectivity index (χ4n) is 1.98. The third-order valence-corrected chi connectivity index (χ3v) is 3.57. The second kappa shape index (κ2) is 5.63. The monoisotopic (exact) mass is 292 g/mol. The number of benzene rings is 2. The topological polar surface area (TPSA) is 26.3 Å². The van der Waals surface area contributed by atoms with Crippen molar-refractivity contribution in [2.45, 2.75) is 13.8 Å². The number of carbonyl (C=O) groups is 1. The highest BCUT2D eigenvalue weighted by Gasteiger charge is 2.15. The van der Waals surface area contributed by atoms with Gasteiger partial charge in [0.15, 0.2) is 17.3 Å².